The van der Waals surface area contributed by atoms with Crippen molar-refractivity contribution in [1.29, 1.82) is 0 Å². The Morgan fingerprint density at radius 2 is 1.69 bits per heavy atom. The van der Waals surface area contributed by atoms with Gasteiger partial charge in [-0.25, -0.2) is 13.1 Å². The molecule has 0 saturated carbocycles. The second-order valence-corrected chi connectivity index (χ2v) is 8.72. The van der Waals surface area contributed by atoms with Crippen molar-refractivity contribution in [2.75, 3.05) is 0 Å². The average Bonchev–Trinajstić information content (AvgIpc) is 2.69. The molecule has 0 atom stereocenters. The molecule has 3 rings (SSSR count). The first kappa shape index (κ1) is 20.8. The highest BCUT2D eigenvalue weighted by molar-refractivity contribution is 7.91. The molecule has 1 aromatic heterocycles. The molecule has 3 aromatic rings. The van der Waals surface area contributed by atoms with E-state index in [1.165, 1.54) is 24.3 Å². The van der Waals surface area contributed by atoms with Crippen LogP contribution in [0.25, 0.3) is 0 Å². The van der Waals surface area contributed by atoms with Gasteiger partial charge in [0.1, 0.15) is 6.54 Å². The molecule has 0 bridgehead atoms. The van der Waals surface area contributed by atoms with Crippen molar-refractivity contribution in [2.24, 2.45) is 0 Å². The first-order valence-electron chi connectivity index (χ1n) is 8.67. The molecule has 1 amide bonds. The van der Waals surface area contributed by atoms with Crippen LogP contribution in [0.15, 0.2) is 75.4 Å². The number of halogens is 1. The number of carbonyl (C=O) groups is 1. The van der Waals surface area contributed by atoms with Crippen LogP contribution in [0.1, 0.15) is 11.1 Å². The number of nitrogens with one attached hydrogen (secondary N) is 1. The lowest BCUT2D eigenvalue weighted by Gasteiger charge is -2.09. The van der Waals surface area contributed by atoms with Gasteiger partial charge in [0.05, 0.1) is 4.90 Å². The molecule has 1 N–H and O–H groups in total. The largest absolute Gasteiger partial charge is 0.350 e. The highest BCUT2D eigenvalue weighted by atomic mass is 35.5. The SMILES string of the molecule is Cc1ccc(CNC(=O)Cn2nc(S(=O)(=O)c3ccc(Cl)cc3)ccc2=O)cc1. The molecular formula is C20H18ClN3O4S. The second-order valence-electron chi connectivity index (χ2n) is 6.39. The van der Waals surface area contributed by atoms with E-state index in [-0.39, 0.29) is 16.5 Å². The zero-order chi connectivity index (χ0) is 21.0. The van der Waals surface area contributed by atoms with Crippen molar-refractivity contribution in [2.45, 2.75) is 29.9 Å². The van der Waals surface area contributed by atoms with E-state index < -0.39 is 27.8 Å². The van der Waals surface area contributed by atoms with Gasteiger partial charge >= 0.3 is 0 Å². The Hall–Kier alpha value is -2.97. The summed E-state index contributed by atoms with van der Waals surface area (Å²) >= 11 is 5.79. The smallest absolute Gasteiger partial charge is 0.267 e. The fraction of sp³-hybridized carbons (Fsp3) is 0.150. The molecule has 0 saturated heterocycles. The van der Waals surface area contributed by atoms with E-state index in [4.69, 9.17) is 11.6 Å². The van der Waals surface area contributed by atoms with Gasteiger partial charge in [-0.3, -0.25) is 9.59 Å². The zero-order valence-electron chi connectivity index (χ0n) is 15.5. The van der Waals surface area contributed by atoms with Crippen LogP contribution in [0.3, 0.4) is 0 Å². The Morgan fingerprint density at radius 3 is 2.34 bits per heavy atom. The quantitative estimate of drug-likeness (QED) is 0.646. The number of amides is 1. The van der Waals surface area contributed by atoms with Gasteiger partial charge in [0.25, 0.3) is 5.56 Å². The van der Waals surface area contributed by atoms with Crippen molar-refractivity contribution >= 4 is 27.3 Å². The monoisotopic (exact) mass is 431 g/mol. The van der Waals surface area contributed by atoms with Crippen molar-refractivity contribution in [3.05, 3.63) is 87.2 Å². The van der Waals surface area contributed by atoms with Crippen LogP contribution < -0.4 is 10.9 Å². The normalized spacial score (nSPS) is 11.2. The van der Waals surface area contributed by atoms with Crippen LogP contribution in [0.4, 0.5) is 0 Å². The summed E-state index contributed by atoms with van der Waals surface area (Å²) in [6, 6.07) is 15.4. The number of rotatable bonds is 6. The molecule has 150 valence electrons. The first-order chi connectivity index (χ1) is 13.8. The number of hydrogen-bond acceptors (Lipinski definition) is 5. The molecule has 0 radical (unpaired) electrons. The van der Waals surface area contributed by atoms with Crippen molar-refractivity contribution < 1.29 is 13.2 Å². The van der Waals surface area contributed by atoms with Crippen LogP contribution in [-0.2, 0) is 27.7 Å². The number of benzene rings is 2. The minimum Gasteiger partial charge on any atom is -0.350 e. The lowest BCUT2D eigenvalue weighted by molar-refractivity contribution is -0.122. The summed E-state index contributed by atoms with van der Waals surface area (Å²) < 4.78 is 26.2. The summed E-state index contributed by atoms with van der Waals surface area (Å²) in [5.41, 5.74) is 1.43. The number of hydrogen-bond donors (Lipinski definition) is 1. The Morgan fingerprint density at radius 1 is 1.03 bits per heavy atom. The molecule has 1 heterocycles. The summed E-state index contributed by atoms with van der Waals surface area (Å²) in [5, 5.41) is 6.63. The Labute approximate surface area is 172 Å². The topological polar surface area (TPSA) is 98.1 Å². The molecule has 7 nitrogen and oxygen atoms in total. The van der Waals surface area contributed by atoms with Gasteiger partial charge in [-0.15, -0.1) is 0 Å². The molecule has 2 aromatic carbocycles. The average molecular weight is 432 g/mol. The van der Waals surface area contributed by atoms with E-state index >= 15 is 0 Å². The van der Waals surface area contributed by atoms with Gasteiger partial charge in [0, 0.05) is 17.6 Å². The number of nitrogens with zero attached hydrogens (tertiary/aromatic N) is 2. The molecule has 0 fully saturated rings. The van der Waals surface area contributed by atoms with E-state index in [9.17, 15) is 18.0 Å². The van der Waals surface area contributed by atoms with Gasteiger partial charge in [0.2, 0.25) is 15.7 Å². The predicted molar refractivity (Wildman–Crippen MR) is 108 cm³/mol. The third-order valence-electron chi connectivity index (χ3n) is 4.15. The molecule has 0 aliphatic rings. The van der Waals surface area contributed by atoms with E-state index in [0.29, 0.717) is 5.02 Å². The van der Waals surface area contributed by atoms with Gasteiger partial charge in [-0.1, -0.05) is 41.4 Å². The van der Waals surface area contributed by atoms with Crippen LogP contribution in [0, 0.1) is 6.92 Å². The maximum Gasteiger partial charge on any atom is 0.267 e. The number of carbonyl (C=O) groups excluding carboxylic acids is 1. The van der Waals surface area contributed by atoms with Gasteiger partial charge < -0.3 is 5.32 Å². The van der Waals surface area contributed by atoms with Crippen LogP contribution in [-0.4, -0.2) is 24.1 Å². The molecular weight excluding hydrogens is 414 g/mol. The predicted octanol–water partition coefficient (Wildman–Crippen LogP) is 2.35. The van der Waals surface area contributed by atoms with Crippen LogP contribution >= 0.6 is 11.6 Å². The van der Waals surface area contributed by atoms with Gasteiger partial charge in [-0.2, -0.15) is 5.10 Å². The maximum atomic E-state index is 12.7. The van der Waals surface area contributed by atoms with Crippen molar-refractivity contribution in [3.63, 3.8) is 0 Å². The minimum atomic E-state index is -3.95. The summed E-state index contributed by atoms with van der Waals surface area (Å²) in [5.74, 6) is -0.457. The van der Waals surface area contributed by atoms with E-state index in [1.807, 2.05) is 31.2 Å². The highest BCUT2D eigenvalue weighted by Gasteiger charge is 2.21. The highest BCUT2D eigenvalue weighted by Crippen LogP contribution is 2.20. The molecule has 0 aliphatic heterocycles. The summed E-state index contributed by atoms with van der Waals surface area (Å²) in [7, 11) is -3.95. The fourth-order valence-corrected chi connectivity index (χ4v) is 3.83. The Kier molecular flexibility index (Phi) is 6.14. The Bertz CT molecular complexity index is 1190. The number of aromatic nitrogens is 2. The lowest BCUT2D eigenvalue weighted by atomic mass is 10.1. The molecule has 29 heavy (non-hydrogen) atoms. The van der Waals surface area contributed by atoms with Gasteiger partial charge in [-0.05, 0) is 42.8 Å². The third kappa shape index (κ3) is 5.10. The third-order valence-corrected chi connectivity index (χ3v) is 6.06. The standard InChI is InChI=1S/C20H18ClN3O4S/c1-14-2-4-15(5-3-14)12-22-18(25)13-24-20(26)11-10-19(23-24)29(27,28)17-8-6-16(21)7-9-17/h2-11H,12-13H2,1H3,(H,22,25). The summed E-state index contributed by atoms with van der Waals surface area (Å²) in [4.78, 5) is 24.2. The second kappa shape index (κ2) is 8.59. The van der Waals surface area contributed by atoms with E-state index in [2.05, 4.69) is 10.4 Å². The minimum absolute atomic E-state index is 0.0107. The van der Waals surface area contributed by atoms with Crippen molar-refractivity contribution in [1.82, 2.24) is 15.1 Å². The zero-order valence-corrected chi connectivity index (χ0v) is 17.1. The van der Waals surface area contributed by atoms with E-state index in [0.717, 1.165) is 27.9 Å². The summed E-state index contributed by atoms with van der Waals surface area (Å²) in [6.07, 6.45) is 0. The Balaban J connectivity index is 1.76. The number of aryl methyl sites for hydroxylation is 1. The number of sulfone groups is 1. The molecule has 0 unspecified atom stereocenters. The molecule has 9 heteroatoms. The van der Waals surface area contributed by atoms with Gasteiger partial charge in [0.15, 0.2) is 5.03 Å². The molecule has 0 aliphatic carbocycles. The van der Waals surface area contributed by atoms with Crippen LogP contribution in [0.5, 0.6) is 0 Å². The van der Waals surface area contributed by atoms with Crippen molar-refractivity contribution in [3.8, 4) is 0 Å². The first-order valence-corrected chi connectivity index (χ1v) is 10.5. The summed E-state index contributed by atoms with van der Waals surface area (Å²) in [6.45, 7) is 1.86. The fourth-order valence-electron chi connectivity index (χ4n) is 2.52. The van der Waals surface area contributed by atoms with Crippen LogP contribution in [0.2, 0.25) is 5.02 Å². The van der Waals surface area contributed by atoms with E-state index in [1.54, 1.807) is 0 Å². The maximum absolute atomic E-state index is 12.7. The molecule has 0 spiro atoms. The lowest BCUT2D eigenvalue weighted by Crippen LogP contribution is -2.33.